The standard InChI is InChI=1S/C46H71NO13/c1-10-33-20-27(2)19-28(3)21-39(56-8)42-40(57-9)23-31(6)46(54,60-42)43(51)44(52)47-18-12-11-13-35(47)45(53)59-41(29(4)14-16-36(33)50)30(5)22-32-15-17-37(38(24-32)55-7)58-26-34(49)25-48/h20,22,25,28-29,31-33,35,37-42,54H,10-19,21,23-24,26H2,1-9H3. The number of rotatable bonds is 10. The number of fused-ring (bicyclic) bond motifs is 3. The van der Waals surface area contributed by atoms with E-state index in [1.807, 2.05) is 27.7 Å². The molecule has 13 unspecified atom stereocenters. The van der Waals surface area contributed by atoms with Gasteiger partial charge in [-0.25, -0.2) is 4.79 Å². The van der Waals surface area contributed by atoms with Gasteiger partial charge in [-0.2, -0.15) is 0 Å². The monoisotopic (exact) mass is 845 g/mol. The van der Waals surface area contributed by atoms with Crippen LogP contribution in [0.5, 0.6) is 0 Å². The molecule has 0 aromatic carbocycles. The summed E-state index contributed by atoms with van der Waals surface area (Å²) in [6.07, 6.45) is 6.95. The second-order valence-electron chi connectivity index (χ2n) is 17.9. The number of carbonyl (C=O) groups excluding carboxylic acids is 6. The molecule has 1 amide bonds. The number of esters is 1. The van der Waals surface area contributed by atoms with Crippen LogP contribution in [0, 0.1) is 29.6 Å². The minimum Gasteiger partial charge on any atom is -0.456 e. The Labute approximate surface area is 356 Å². The van der Waals surface area contributed by atoms with Gasteiger partial charge in [-0.3, -0.25) is 24.0 Å². The molecule has 338 valence electrons. The SMILES string of the molecule is CCC1C=C(C)CC(C)CC(OC)C2OC(O)(C(=O)C(=O)N3CCCCC3C(=O)OC(C(C)=CC3CCC(OCC(=O)C=O)C(OC)C3)C(C)CCC1=O)C(C)CC2OC. The van der Waals surface area contributed by atoms with Crippen molar-refractivity contribution in [3.8, 4) is 0 Å². The third-order valence-corrected chi connectivity index (χ3v) is 13.3. The Hall–Kier alpha value is -3.14. The van der Waals surface area contributed by atoms with Gasteiger partial charge in [0.15, 0.2) is 6.29 Å². The first kappa shape index (κ1) is 49.5. The summed E-state index contributed by atoms with van der Waals surface area (Å²) >= 11 is 0. The molecule has 1 aliphatic carbocycles. The second-order valence-corrected chi connectivity index (χ2v) is 17.9. The van der Waals surface area contributed by atoms with E-state index in [0.717, 1.165) is 11.1 Å². The lowest BCUT2D eigenvalue weighted by Crippen LogP contribution is -2.64. The zero-order valence-corrected chi connectivity index (χ0v) is 37.4. The van der Waals surface area contributed by atoms with E-state index in [1.54, 1.807) is 21.1 Å². The van der Waals surface area contributed by atoms with Crippen LogP contribution in [0.25, 0.3) is 0 Å². The molecule has 13 atom stereocenters. The highest BCUT2D eigenvalue weighted by molar-refractivity contribution is 6.39. The first-order valence-corrected chi connectivity index (χ1v) is 22.0. The molecule has 0 aromatic heterocycles. The van der Waals surface area contributed by atoms with Gasteiger partial charge >= 0.3 is 5.97 Å². The average Bonchev–Trinajstić information content (AvgIpc) is 3.24. The number of hydrogen-bond acceptors (Lipinski definition) is 13. The van der Waals surface area contributed by atoms with Gasteiger partial charge in [0.25, 0.3) is 11.7 Å². The number of ether oxygens (including phenoxy) is 6. The molecular formula is C46H71NO13. The van der Waals surface area contributed by atoms with Crippen LogP contribution in [0.2, 0.25) is 0 Å². The lowest BCUT2D eigenvalue weighted by Gasteiger charge is -2.47. The van der Waals surface area contributed by atoms with Crippen LogP contribution in [-0.2, 0) is 57.2 Å². The number of nitrogens with zero attached hydrogens (tertiary/aromatic N) is 1. The Morgan fingerprint density at radius 2 is 1.62 bits per heavy atom. The molecule has 14 nitrogen and oxygen atoms in total. The highest BCUT2D eigenvalue weighted by Gasteiger charge is 2.56. The maximum atomic E-state index is 14.4. The molecule has 0 radical (unpaired) electrons. The first-order chi connectivity index (χ1) is 28.5. The van der Waals surface area contributed by atoms with Gasteiger partial charge in [0.2, 0.25) is 11.6 Å². The third-order valence-electron chi connectivity index (χ3n) is 13.3. The van der Waals surface area contributed by atoms with Crippen molar-refractivity contribution in [2.45, 2.75) is 167 Å². The summed E-state index contributed by atoms with van der Waals surface area (Å²) < 4.78 is 35.9. The van der Waals surface area contributed by atoms with E-state index in [1.165, 1.54) is 12.0 Å². The molecule has 3 aliphatic heterocycles. The van der Waals surface area contributed by atoms with Gasteiger partial charge in [0.05, 0.1) is 24.4 Å². The summed E-state index contributed by atoms with van der Waals surface area (Å²) in [6, 6.07) is -1.08. The highest BCUT2D eigenvalue weighted by Crippen LogP contribution is 2.39. The number of aliphatic hydroxyl groups is 1. The zero-order valence-electron chi connectivity index (χ0n) is 37.4. The lowest BCUT2D eigenvalue weighted by molar-refractivity contribution is -0.302. The number of allylic oxidation sites excluding steroid dienone is 3. The molecule has 14 heteroatoms. The number of carbonyl (C=O) groups is 6. The van der Waals surface area contributed by atoms with E-state index in [2.05, 4.69) is 19.1 Å². The van der Waals surface area contributed by atoms with Crippen molar-refractivity contribution in [1.82, 2.24) is 4.90 Å². The van der Waals surface area contributed by atoms with Crippen LogP contribution < -0.4 is 0 Å². The van der Waals surface area contributed by atoms with Gasteiger partial charge in [-0.05, 0) is 108 Å². The van der Waals surface area contributed by atoms with Crippen molar-refractivity contribution >= 4 is 35.5 Å². The summed E-state index contributed by atoms with van der Waals surface area (Å²) in [7, 11) is 4.66. The fraction of sp³-hybridized carbons (Fsp3) is 0.783. The molecule has 2 saturated heterocycles. The van der Waals surface area contributed by atoms with E-state index >= 15 is 0 Å². The Balaban J connectivity index is 1.70. The number of ketones is 3. The number of methoxy groups -OCH3 is 3. The third kappa shape index (κ3) is 12.3. The largest absolute Gasteiger partial charge is 0.456 e. The van der Waals surface area contributed by atoms with E-state index in [9.17, 15) is 33.9 Å². The molecule has 60 heavy (non-hydrogen) atoms. The van der Waals surface area contributed by atoms with E-state index < -0.39 is 65.6 Å². The van der Waals surface area contributed by atoms with E-state index in [0.29, 0.717) is 57.8 Å². The van der Waals surface area contributed by atoms with Crippen LogP contribution in [0.15, 0.2) is 23.3 Å². The van der Waals surface area contributed by atoms with Gasteiger partial charge in [-0.1, -0.05) is 45.4 Å². The molecule has 1 N–H and O–H groups in total. The molecule has 0 spiro atoms. The maximum absolute atomic E-state index is 14.4. The van der Waals surface area contributed by atoms with E-state index in [4.69, 9.17) is 28.4 Å². The number of hydrogen-bond donors (Lipinski definition) is 1. The fourth-order valence-corrected chi connectivity index (χ4v) is 9.79. The number of cyclic esters (lactones) is 1. The average molecular weight is 846 g/mol. The normalized spacial score (nSPS) is 37.3. The quantitative estimate of drug-likeness (QED) is 0.130. The van der Waals surface area contributed by atoms with Crippen LogP contribution in [0.3, 0.4) is 0 Å². The number of piperidine rings is 1. The van der Waals surface area contributed by atoms with E-state index in [-0.39, 0.29) is 80.4 Å². The predicted molar refractivity (Wildman–Crippen MR) is 221 cm³/mol. The Kier molecular flexibility index (Phi) is 18.8. The summed E-state index contributed by atoms with van der Waals surface area (Å²) in [5.41, 5.74) is 1.84. The van der Waals surface area contributed by atoms with Crippen LogP contribution in [0.4, 0.5) is 0 Å². The second kappa shape index (κ2) is 22.8. The van der Waals surface area contributed by atoms with Crippen molar-refractivity contribution in [3.63, 3.8) is 0 Å². The minimum absolute atomic E-state index is 0.0112. The van der Waals surface area contributed by atoms with Crippen molar-refractivity contribution in [2.24, 2.45) is 29.6 Å². The number of amides is 1. The van der Waals surface area contributed by atoms with Gasteiger partial charge in [0, 0.05) is 46.1 Å². The Morgan fingerprint density at radius 3 is 2.27 bits per heavy atom. The predicted octanol–water partition coefficient (Wildman–Crippen LogP) is 5.29. The van der Waals surface area contributed by atoms with Gasteiger partial charge < -0.3 is 38.4 Å². The highest BCUT2D eigenvalue weighted by atomic mass is 16.7. The lowest BCUT2D eigenvalue weighted by atomic mass is 9.82. The van der Waals surface area contributed by atoms with Crippen LogP contribution in [-0.4, -0.2) is 128 Å². The van der Waals surface area contributed by atoms with Crippen molar-refractivity contribution in [2.75, 3.05) is 34.5 Å². The molecule has 2 bridgehead atoms. The van der Waals surface area contributed by atoms with Gasteiger partial charge in [-0.15, -0.1) is 0 Å². The summed E-state index contributed by atoms with van der Waals surface area (Å²) in [5.74, 6) is -7.15. The smallest absolute Gasteiger partial charge is 0.329 e. The Bertz CT molecular complexity index is 1580. The maximum Gasteiger partial charge on any atom is 0.329 e. The molecule has 1 saturated carbocycles. The molecule has 4 aliphatic rings. The van der Waals surface area contributed by atoms with Crippen molar-refractivity contribution < 1.29 is 62.3 Å². The molecular weight excluding hydrogens is 774 g/mol. The number of Topliss-reactive ketones (excluding diaryl/α,β-unsaturated/α-hetero) is 3. The van der Waals surface area contributed by atoms with Gasteiger partial charge in [0.1, 0.15) is 30.6 Å². The minimum atomic E-state index is -2.49. The topological polar surface area (TPSA) is 181 Å². The molecule has 4 rings (SSSR count). The number of aldehydes is 1. The molecule has 0 aromatic rings. The van der Waals surface area contributed by atoms with Crippen LogP contribution >= 0.6 is 0 Å². The summed E-state index contributed by atoms with van der Waals surface area (Å²) in [4.78, 5) is 80.4. The van der Waals surface area contributed by atoms with Crippen molar-refractivity contribution in [3.05, 3.63) is 23.3 Å². The Morgan fingerprint density at radius 1 is 0.933 bits per heavy atom. The molecule has 3 fully saturated rings. The summed E-state index contributed by atoms with van der Waals surface area (Å²) in [5, 5.41) is 12.1. The first-order valence-electron chi connectivity index (χ1n) is 22.0. The van der Waals surface area contributed by atoms with Crippen LogP contribution in [0.1, 0.15) is 119 Å². The fourth-order valence-electron chi connectivity index (χ4n) is 9.79. The van der Waals surface area contributed by atoms with Crippen molar-refractivity contribution in [1.29, 1.82) is 0 Å². The summed E-state index contributed by atoms with van der Waals surface area (Å²) in [6.45, 7) is 11.4. The zero-order chi connectivity index (χ0) is 44.3. The molecule has 3 heterocycles.